The molecule has 19 heavy (non-hydrogen) atoms. The van der Waals surface area contributed by atoms with Crippen LogP contribution in [0.25, 0.3) is 0 Å². The molecule has 1 unspecified atom stereocenters. The number of halogens is 3. The van der Waals surface area contributed by atoms with Gasteiger partial charge < -0.3 is 5.32 Å². The van der Waals surface area contributed by atoms with E-state index in [9.17, 15) is 21.6 Å². The van der Waals surface area contributed by atoms with Crippen LogP contribution in [0.5, 0.6) is 0 Å². The lowest BCUT2D eigenvalue weighted by Crippen LogP contribution is -2.41. The van der Waals surface area contributed by atoms with Gasteiger partial charge in [-0.25, -0.2) is 13.1 Å². The predicted octanol–water partition coefficient (Wildman–Crippen LogP) is 2.02. The van der Waals surface area contributed by atoms with E-state index >= 15 is 0 Å². The minimum atomic E-state index is -4.17. The normalized spacial score (nSPS) is 14.9. The molecular formula is C11H23F3N2O2S. The number of alkyl halides is 3. The van der Waals surface area contributed by atoms with Gasteiger partial charge in [-0.3, -0.25) is 0 Å². The second-order valence-electron chi connectivity index (χ2n) is 4.89. The number of rotatable bonds is 9. The zero-order chi connectivity index (χ0) is 15.1. The second kappa shape index (κ2) is 8.06. The van der Waals surface area contributed by atoms with Crippen LogP contribution in [0.15, 0.2) is 0 Å². The summed E-state index contributed by atoms with van der Waals surface area (Å²) in [6.45, 7) is 5.74. The van der Waals surface area contributed by atoms with E-state index < -0.39 is 27.9 Å². The van der Waals surface area contributed by atoms with Crippen LogP contribution in [0.3, 0.4) is 0 Å². The van der Waals surface area contributed by atoms with Crippen LogP contribution in [-0.2, 0) is 10.0 Å². The van der Waals surface area contributed by atoms with Gasteiger partial charge in [-0.05, 0) is 19.8 Å². The third-order valence-corrected chi connectivity index (χ3v) is 4.37. The van der Waals surface area contributed by atoms with Crippen LogP contribution in [0, 0.1) is 0 Å². The summed E-state index contributed by atoms with van der Waals surface area (Å²) in [6.07, 6.45) is -4.93. The van der Waals surface area contributed by atoms with Crippen molar-refractivity contribution in [3.63, 3.8) is 0 Å². The van der Waals surface area contributed by atoms with Crippen LogP contribution in [-0.4, -0.2) is 39.0 Å². The fourth-order valence-electron chi connectivity index (χ4n) is 1.32. The quantitative estimate of drug-likeness (QED) is 0.641. The molecule has 0 saturated carbocycles. The Morgan fingerprint density at radius 1 is 1.11 bits per heavy atom. The SMILES string of the molecule is CC(C)NCC(C)S(=O)(=O)NCCCCC(F)(F)F. The van der Waals surface area contributed by atoms with Crippen LogP contribution in [0.4, 0.5) is 13.2 Å². The molecule has 0 aliphatic heterocycles. The minimum absolute atomic E-state index is 0.0461. The molecular weight excluding hydrogens is 281 g/mol. The summed E-state index contributed by atoms with van der Waals surface area (Å²) in [6, 6.07) is 0.185. The van der Waals surface area contributed by atoms with E-state index in [4.69, 9.17) is 0 Å². The minimum Gasteiger partial charge on any atom is -0.313 e. The van der Waals surface area contributed by atoms with Gasteiger partial charge in [0.2, 0.25) is 10.0 Å². The lowest BCUT2D eigenvalue weighted by Gasteiger charge is -2.16. The summed E-state index contributed by atoms with van der Waals surface area (Å²) in [5.41, 5.74) is 0. The second-order valence-corrected chi connectivity index (χ2v) is 7.07. The molecule has 4 nitrogen and oxygen atoms in total. The largest absolute Gasteiger partial charge is 0.389 e. The van der Waals surface area contributed by atoms with Gasteiger partial charge in [-0.2, -0.15) is 13.2 Å². The molecule has 8 heteroatoms. The highest BCUT2D eigenvalue weighted by atomic mass is 32.2. The summed E-state index contributed by atoms with van der Waals surface area (Å²) in [7, 11) is -3.47. The molecule has 0 fully saturated rings. The maximum absolute atomic E-state index is 11.9. The molecule has 0 bridgehead atoms. The Morgan fingerprint density at radius 3 is 2.16 bits per heavy atom. The fraction of sp³-hybridized carbons (Fsp3) is 1.00. The third kappa shape index (κ3) is 10.1. The molecule has 1 atom stereocenters. The molecule has 0 aromatic heterocycles. The van der Waals surface area contributed by atoms with Crippen molar-refractivity contribution >= 4 is 10.0 Å². The van der Waals surface area contributed by atoms with E-state index in [1.54, 1.807) is 6.92 Å². The van der Waals surface area contributed by atoms with Crippen LogP contribution in [0.2, 0.25) is 0 Å². The Bertz CT molecular complexity index is 342. The summed E-state index contributed by atoms with van der Waals surface area (Å²) < 4.78 is 61.4. The highest BCUT2D eigenvalue weighted by Gasteiger charge is 2.26. The molecule has 0 radical (unpaired) electrons. The Labute approximate surface area is 113 Å². The topological polar surface area (TPSA) is 58.2 Å². The smallest absolute Gasteiger partial charge is 0.313 e. The number of nitrogens with one attached hydrogen (secondary N) is 2. The molecule has 2 N–H and O–H groups in total. The molecule has 0 aromatic rings. The van der Waals surface area contributed by atoms with Crippen molar-refractivity contribution in [1.82, 2.24) is 10.0 Å². The average Bonchev–Trinajstić information content (AvgIpc) is 2.23. The van der Waals surface area contributed by atoms with Gasteiger partial charge in [-0.15, -0.1) is 0 Å². The van der Waals surface area contributed by atoms with Gasteiger partial charge in [0.05, 0.1) is 5.25 Å². The number of sulfonamides is 1. The first-order valence-corrected chi connectivity index (χ1v) is 7.88. The van der Waals surface area contributed by atoms with E-state index in [-0.39, 0.29) is 25.4 Å². The van der Waals surface area contributed by atoms with Gasteiger partial charge in [0.25, 0.3) is 0 Å². The molecule has 0 rings (SSSR count). The zero-order valence-electron chi connectivity index (χ0n) is 11.5. The van der Waals surface area contributed by atoms with Crippen LogP contribution in [0.1, 0.15) is 40.0 Å². The van der Waals surface area contributed by atoms with Gasteiger partial charge in [-0.1, -0.05) is 13.8 Å². The summed E-state index contributed by atoms with van der Waals surface area (Å²) in [5, 5.41) is 2.39. The average molecular weight is 304 g/mol. The molecule has 0 amide bonds. The lowest BCUT2D eigenvalue weighted by molar-refractivity contribution is -0.135. The van der Waals surface area contributed by atoms with Crippen molar-refractivity contribution in [3.8, 4) is 0 Å². The van der Waals surface area contributed by atoms with E-state index in [0.717, 1.165) is 0 Å². The Kier molecular flexibility index (Phi) is 7.92. The maximum Gasteiger partial charge on any atom is 0.389 e. The highest BCUT2D eigenvalue weighted by molar-refractivity contribution is 7.90. The van der Waals surface area contributed by atoms with Crippen molar-refractivity contribution in [3.05, 3.63) is 0 Å². The van der Waals surface area contributed by atoms with Crippen molar-refractivity contribution in [2.75, 3.05) is 13.1 Å². The van der Waals surface area contributed by atoms with Crippen molar-refractivity contribution in [1.29, 1.82) is 0 Å². The van der Waals surface area contributed by atoms with Crippen molar-refractivity contribution in [2.24, 2.45) is 0 Å². The van der Waals surface area contributed by atoms with Gasteiger partial charge >= 0.3 is 6.18 Å². The van der Waals surface area contributed by atoms with Crippen LogP contribution >= 0.6 is 0 Å². The molecule has 0 saturated heterocycles. The number of unbranched alkanes of at least 4 members (excludes halogenated alkanes) is 1. The number of hydrogen-bond donors (Lipinski definition) is 2. The van der Waals surface area contributed by atoms with E-state index in [1.807, 2.05) is 13.8 Å². The Morgan fingerprint density at radius 2 is 1.68 bits per heavy atom. The number of hydrogen-bond acceptors (Lipinski definition) is 3. The molecule has 0 spiro atoms. The first-order valence-electron chi connectivity index (χ1n) is 6.33. The van der Waals surface area contributed by atoms with Crippen molar-refractivity contribution in [2.45, 2.75) is 57.5 Å². The molecule has 0 aliphatic carbocycles. The Hall–Kier alpha value is -0.340. The lowest BCUT2D eigenvalue weighted by atomic mass is 10.2. The highest BCUT2D eigenvalue weighted by Crippen LogP contribution is 2.21. The van der Waals surface area contributed by atoms with E-state index in [1.165, 1.54) is 0 Å². The first-order chi connectivity index (χ1) is 8.54. The summed E-state index contributed by atoms with van der Waals surface area (Å²) in [4.78, 5) is 0. The first kappa shape index (κ1) is 18.7. The molecule has 116 valence electrons. The van der Waals surface area contributed by atoms with Gasteiger partial charge in [0.15, 0.2) is 0 Å². The fourth-order valence-corrected chi connectivity index (χ4v) is 2.35. The maximum atomic E-state index is 11.9. The van der Waals surface area contributed by atoms with Gasteiger partial charge in [0.1, 0.15) is 0 Å². The molecule has 0 aromatic carbocycles. The third-order valence-electron chi connectivity index (χ3n) is 2.53. The molecule has 0 heterocycles. The summed E-state index contributed by atoms with van der Waals surface area (Å²) in [5.74, 6) is 0. The predicted molar refractivity (Wildman–Crippen MR) is 69.4 cm³/mol. The summed E-state index contributed by atoms with van der Waals surface area (Å²) >= 11 is 0. The van der Waals surface area contributed by atoms with E-state index in [2.05, 4.69) is 10.0 Å². The van der Waals surface area contributed by atoms with E-state index in [0.29, 0.717) is 6.54 Å². The zero-order valence-corrected chi connectivity index (χ0v) is 12.4. The monoisotopic (exact) mass is 304 g/mol. The van der Waals surface area contributed by atoms with Crippen molar-refractivity contribution < 1.29 is 21.6 Å². The molecule has 0 aliphatic rings. The Balaban J connectivity index is 3.90. The van der Waals surface area contributed by atoms with Gasteiger partial charge in [0, 0.05) is 25.6 Å². The standard InChI is InChI=1S/C11H23F3N2O2S/c1-9(2)15-8-10(3)19(17,18)16-7-5-4-6-11(12,13)14/h9-10,15-16H,4-8H2,1-3H3. The van der Waals surface area contributed by atoms with Crippen LogP contribution < -0.4 is 10.0 Å².